The Hall–Kier alpha value is -1.56. The van der Waals surface area contributed by atoms with Gasteiger partial charge in [0.2, 0.25) is 0 Å². The zero-order chi connectivity index (χ0) is 8.39. The van der Waals surface area contributed by atoms with Crippen molar-refractivity contribution in [3.8, 4) is 11.8 Å². The normalized spacial score (nSPS) is 15.2. The fourth-order valence-electron chi connectivity index (χ4n) is 0.935. The van der Waals surface area contributed by atoms with Crippen molar-refractivity contribution in [3.05, 3.63) is 24.0 Å². The van der Waals surface area contributed by atoms with Gasteiger partial charge in [0.1, 0.15) is 6.07 Å². The van der Waals surface area contributed by atoms with Gasteiger partial charge in [-0.1, -0.05) is 0 Å². The first-order chi connectivity index (χ1) is 5.90. The number of nitrogens with zero attached hydrogens (tertiary/aromatic N) is 2. The highest BCUT2D eigenvalue weighted by Gasteiger charge is 2.24. The Morgan fingerprint density at radius 2 is 2.42 bits per heavy atom. The summed E-state index contributed by atoms with van der Waals surface area (Å²) in [4.78, 5) is 3.89. The van der Waals surface area contributed by atoms with Gasteiger partial charge in [-0.3, -0.25) is 0 Å². The smallest absolute Gasteiger partial charge is 0.182 e. The molecular weight excluding hydrogens is 152 g/mol. The van der Waals surface area contributed by atoms with E-state index in [1.54, 1.807) is 18.3 Å². The molecule has 0 aromatic carbocycles. The molecule has 0 aliphatic heterocycles. The Kier molecular flexibility index (Phi) is 1.67. The average Bonchev–Trinajstić information content (AvgIpc) is 2.89. The summed E-state index contributed by atoms with van der Waals surface area (Å²) in [5, 5.41) is 8.66. The summed E-state index contributed by atoms with van der Waals surface area (Å²) in [6.45, 7) is 0. The predicted molar refractivity (Wildman–Crippen MR) is 42.6 cm³/mol. The minimum atomic E-state index is 0.321. The molecule has 3 heteroatoms. The fraction of sp³-hybridized carbons (Fsp3) is 0.333. The zero-order valence-electron chi connectivity index (χ0n) is 6.53. The first-order valence-electron chi connectivity index (χ1n) is 3.92. The van der Waals surface area contributed by atoms with E-state index >= 15 is 0 Å². The lowest BCUT2D eigenvalue weighted by Crippen LogP contribution is -1.98. The molecule has 0 radical (unpaired) electrons. The Bertz CT molecular complexity index is 326. The molecule has 0 atom stereocenters. The lowest BCUT2D eigenvalue weighted by Gasteiger charge is -2.03. The number of aromatic nitrogens is 1. The number of hydrogen-bond acceptors (Lipinski definition) is 3. The van der Waals surface area contributed by atoms with Crippen LogP contribution >= 0.6 is 0 Å². The van der Waals surface area contributed by atoms with Gasteiger partial charge in [0.25, 0.3) is 0 Å². The number of pyridine rings is 1. The van der Waals surface area contributed by atoms with Gasteiger partial charge < -0.3 is 4.74 Å². The molecule has 1 aromatic heterocycles. The number of rotatable bonds is 2. The van der Waals surface area contributed by atoms with Crippen LogP contribution in [0.1, 0.15) is 18.5 Å². The number of ether oxygens (including phenoxy) is 1. The van der Waals surface area contributed by atoms with Crippen LogP contribution in [0.15, 0.2) is 18.3 Å². The van der Waals surface area contributed by atoms with E-state index in [1.807, 2.05) is 6.07 Å². The summed E-state index contributed by atoms with van der Waals surface area (Å²) >= 11 is 0. The van der Waals surface area contributed by atoms with E-state index in [-0.39, 0.29) is 0 Å². The third kappa shape index (κ3) is 1.37. The SMILES string of the molecule is N#Cc1ncccc1OC1CC1. The summed E-state index contributed by atoms with van der Waals surface area (Å²) in [6.07, 6.45) is 4.11. The minimum Gasteiger partial charge on any atom is -0.487 e. The third-order valence-electron chi connectivity index (χ3n) is 1.69. The summed E-state index contributed by atoms with van der Waals surface area (Å²) < 4.78 is 5.46. The van der Waals surface area contributed by atoms with Gasteiger partial charge in [-0.05, 0) is 25.0 Å². The number of hydrogen-bond donors (Lipinski definition) is 0. The van der Waals surface area contributed by atoms with E-state index in [2.05, 4.69) is 4.98 Å². The van der Waals surface area contributed by atoms with Crippen LogP contribution in [0.4, 0.5) is 0 Å². The molecule has 1 aliphatic rings. The third-order valence-corrected chi connectivity index (χ3v) is 1.69. The molecule has 1 aliphatic carbocycles. The van der Waals surface area contributed by atoms with Gasteiger partial charge >= 0.3 is 0 Å². The van der Waals surface area contributed by atoms with Crippen molar-refractivity contribution in [1.29, 1.82) is 5.26 Å². The molecule has 1 aromatic rings. The van der Waals surface area contributed by atoms with Crippen molar-refractivity contribution in [2.45, 2.75) is 18.9 Å². The van der Waals surface area contributed by atoms with Crippen molar-refractivity contribution in [1.82, 2.24) is 4.98 Å². The Morgan fingerprint density at radius 3 is 3.08 bits per heavy atom. The second kappa shape index (κ2) is 2.82. The van der Waals surface area contributed by atoms with Gasteiger partial charge in [-0.25, -0.2) is 4.98 Å². The zero-order valence-corrected chi connectivity index (χ0v) is 6.53. The maximum Gasteiger partial charge on any atom is 0.182 e. The van der Waals surface area contributed by atoms with E-state index in [0.717, 1.165) is 12.8 Å². The van der Waals surface area contributed by atoms with Gasteiger partial charge in [-0.15, -0.1) is 0 Å². The quantitative estimate of drug-likeness (QED) is 0.658. The van der Waals surface area contributed by atoms with Crippen LogP contribution in [0.25, 0.3) is 0 Å². The molecule has 1 fully saturated rings. The van der Waals surface area contributed by atoms with Crippen LogP contribution in [-0.4, -0.2) is 11.1 Å². The van der Waals surface area contributed by atoms with E-state index in [1.165, 1.54) is 0 Å². The molecule has 1 saturated carbocycles. The monoisotopic (exact) mass is 160 g/mol. The topological polar surface area (TPSA) is 45.9 Å². The molecule has 0 N–H and O–H groups in total. The van der Waals surface area contributed by atoms with Crippen LogP contribution in [0.2, 0.25) is 0 Å². The first-order valence-corrected chi connectivity index (χ1v) is 3.92. The van der Waals surface area contributed by atoms with Crippen molar-refractivity contribution in [3.63, 3.8) is 0 Å². The molecule has 3 nitrogen and oxygen atoms in total. The summed E-state index contributed by atoms with van der Waals surface area (Å²) in [5.41, 5.74) is 0.379. The minimum absolute atomic E-state index is 0.321. The molecular formula is C9H8N2O. The van der Waals surface area contributed by atoms with Crippen LogP contribution in [0.5, 0.6) is 5.75 Å². The predicted octanol–water partition coefficient (Wildman–Crippen LogP) is 1.49. The van der Waals surface area contributed by atoms with E-state index < -0.39 is 0 Å². The summed E-state index contributed by atoms with van der Waals surface area (Å²) in [5.74, 6) is 0.613. The number of nitriles is 1. The highest BCUT2D eigenvalue weighted by molar-refractivity contribution is 5.36. The second-order valence-corrected chi connectivity index (χ2v) is 2.78. The van der Waals surface area contributed by atoms with Gasteiger partial charge in [0.05, 0.1) is 6.10 Å². The molecule has 0 unspecified atom stereocenters. The maximum atomic E-state index is 8.66. The van der Waals surface area contributed by atoms with E-state index in [0.29, 0.717) is 17.5 Å². The molecule has 60 valence electrons. The molecule has 0 saturated heterocycles. The lowest BCUT2D eigenvalue weighted by atomic mass is 10.3. The standard InChI is InChI=1S/C9H8N2O/c10-6-8-9(2-1-5-11-8)12-7-3-4-7/h1-2,5,7H,3-4H2. The van der Waals surface area contributed by atoms with Crippen molar-refractivity contribution in [2.75, 3.05) is 0 Å². The van der Waals surface area contributed by atoms with Crippen molar-refractivity contribution in [2.24, 2.45) is 0 Å². The fourth-order valence-corrected chi connectivity index (χ4v) is 0.935. The highest BCUT2D eigenvalue weighted by Crippen LogP contribution is 2.27. The first kappa shape index (κ1) is 7.11. The Balaban J connectivity index is 2.22. The molecule has 0 bridgehead atoms. The molecule has 12 heavy (non-hydrogen) atoms. The molecule has 0 amide bonds. The van der Waals surface area contributed by atoms with Crippen molar-refractivity contribution < 1.29 is 4.74 Å². The Labute approximate surface area is 70.6 Å². The van der Waals surface area contributed by atoms with Gasteiger partial charge in [0, 0.05) is 6.20 Å². The van der Waals surface area contributed by atoms with Crippen molar-refractivity contribution >= 4 is 0 Å². The van der Waals surface area contributed by atoms with E-state index in [9.17, 15) is 0 Å². The second-order valence-electron chi connectivity index (χ2n) is 2.78. The van der Waals surface area contributed by atoms with Crippen LogP contribution in [0.3, 0.4) is 0 Å². The molecule has 1 heterocycles. The largest absolute Gasteiger partial charge is 0.487 e. The van der Waals surface area contributed by atoms with Crippen LogP contribution < -0.4 is 4.74 Å². The van der Waals surface area contributed by atoms with Crippen LogP contribution in [-0.2, 0) is 0 Å². The Morgan fingerprint density at radius 1 is 1.58 bits per heavy atom. The van der Waals surface area contributed by atoms with E-state index in [4.69, 9.17) is 10.00 Å². The maximum absolute atomic E-state index is 8.66. The summed E-state index contributed by atoms with van der Waals surface area (Å²) in [7, 11) is 0. The van der Waals surface area contributed by atoms with Crippen LogP contribution in [0, 0.1) is 11.3 Å². The molecule has 2 rings (SSSR count). The lowest BCUT2D eigenvalue weighted by molar-refractivity contribution is 0.301. The van der Waals surface area contributed by atoms with Gasteiger partial charge in [0.15, 0.2) is 11.4 Å². The average molecular weight is 160 g/mol. The van der Waals surface area contributed by atoms with Gasteiger partial charge in [-0.2, -0.15) is 5.26 Å². The molecule has 0 spiro atoms. The summed E-state index contributed by atoms with van der Waals surface area (Å²) in [6, 6.07) is 5.55. The highest BCUT2D eigenvalue weighted by atomic mass is 16.5.